The van der Waals surface area contributed by atoms with Crippen molar-refractivity contribution in [2.45, 2.75) is 18.9 Å². The molecule has 1 atom stereocenters. The quantitative estimate of drug-likeness (QED) is 0.623. The van der Waals surface area contributed by atoms with E-state index >= 15 is 0 Å². The Kier molecular flexibility index (Phi) is 6.05. The summed E-state index contributed by atoms with van der Waals surface area (Å²) in [5.41, 5.74) is 3.43. The normalized spacial score (nSPS) is 13.1. The molecular weight excluding hydrogens is 285 g/mol. The van der Waals surface area contributed by atoms with Crippen LogP contribution in [-0.4, -0.2) is 31.6 Å². The number of nitrogens with one attached hydrogen (secondary N) is 1. The molecule has 17 heavy (non-hydrogen) atoms. The summed E-state index contributed by atoms with van der Waals surface area (Å²) in [5, 5.41) is 0. The maximum atomic E-state index is 13.6. The van der Waals surface area contributed by atoms with Crippen LogP contribution in [0, 0.1) is 5.82 Å². The SMILES string of the molecule is CN(C)CCC(Cc1cc(Br)ccc1F)NN. The minimum Gasteiger partial charge on any atom is -0.309 e. The molecule has 0 aliphatic carbocycles. The largest absolute Gasteiger partial charge is 0.309 e. The molecule has 3 N–H and O–H groups in total. The van der Waals surface area contributed by atoms with Crippen molar-refractivity contribution < 1.29 is 4.39 Å². The standard InChI is InChI=1S/C12H19BrFN3/c1-17(2)6-5-11(16-15)8-9-7-10(13)3-4-12(9)14/h3-4,7,11,16H,5-6,8,15H2,1-2H3. The molecule has 0 heterocycles. The highest BCUT2D eigenvalue weighted by molar-refractivity contribution is 9.10. The highest BCUT2D eigenvalue weighted by atomic mass is 79.9. The van der Waals surface area contributed by atoms with Gasteiger partial charge in [-0.1, -0.05) is 15.9 Å². The Morgan fingerprint density at radius 2 is 2.18 bits per heavy atom. The van der Waals surface area contributed by atoms with Gasteiger partial charge in [-0.05, 0) is 57.2 Å². The minimum absolute atomic E-state index is 0.0844. The lowest BCUT2D eigenvalue weighted by atomic mass is 10.0. The first-order valence-electron chi connectivity index (χ1n) is 5.57. The Hall–Kier alpha value is -0.490. The smallest absolute Gasteiger partial charge is 0.126 e. The third kappa shape index (κ3) is 5.12. The number of benzene rings is 1. The van der Waals surface area contributed by atoms with Gasteiger partial charge in [0, 0.05) is 10.5 Å². The summed E-state index contributed by atoms with van der Waals surface area (Å²) in [6.45, 7) is 0.921. The number of hydrazine groups is 1. The maximum absolute atomic E-state index is 13.6. The average Bonchev–Trinajstić information content (AvgIpc) is 2.28. The van der Waals surface area contributed by atoms with Crippen LogP contribution in [0.25, 0.3) is 0 Å². The van der Waals surface area contributed by atoms with Crippen molar-refractivity contribution in [1.29, 1.82) is 0 Å². The molecule has 1 rings (SSSR count). The fourth-order valence-corrected chi connectivity index (χ4v) is 2.03. The van der Waals surface area contributed by atoms with Gasteiger partial charge in [0.2, 0.25) is 0 Å². The molecule has 0 amide bonds. The summed E-state index contributed by atoms with van der Waals surface area (Å²) in [5.74, 6) is 5.31. The Balaban J connectivity index is 2.63. The molecule has 3 nitrogen and oxygen atoms in total. The molecule has 1 unspecified atom stereocenters. The molecule has 5 heteroatoms. The predicted molar refractivity (Wildman–Crippen MR) is 72.1 cm³/mol. The third-order valence-corrected chi connectivity index (χ3v) is 3.13. The van der Waals surface area contributed by atoms with Gasteiger partial charge in [0.1, 0.15) is 5.82 Å². The van der Waals surface area contributed by atoms with Crippen molar-refractivity contribution in [2.24, 2.45) is 5.84 Å². The van der Waals surface area contributed by atoms with E-state index in [2.05, 4.69) is 26.3 Å². The number of nitrogens with zero attached hydrogens (tertiary/aromatic N) is 1. The maximum Gasteiger partial charge on any atom is 0.126 e. The van der Waals surface area contributed by atoms with Crippen LogP contribution in [0.15, 0.2) is 22.7 Å². The fraction of sp³-hybridized carbons (Fsp3) is 0.500. The van der Waals surface area contributed by atoms with Crippen LogP contribution >= 0.6 is 15.9 Å². The van der Waals surface area contributed by atoms with Crippen LogP contribution in [-0.2, 0) is 6.42 Å². The molecule has 1 aromatic carbocycles. The van der Waals surface area contributed by atoms with Crippen LogP contribution in [0.1, 0.15) is 12.0 Å². The second-order valence-corrected chi connectivity index (χ2v) is 5.31. The second-order valence-electron chi connectivity index (χ2n) is 4.40. The highest BCUT2D eigenvalue weighted by Gasteiger charge is 2.11. The zero-order chi connectivity index (χ0) is 12.8. The van der Waals surface area contributed by atoms with Crippen molar-refractivity contribution in [3.05, 3.63) is 34.1 Å². The topological polar surface area (TPSA) is 41.3 Å². The van der Waals surface area contributed by atoms with Crippen molar-refractivity contribution in [2.75, 3.05) is 20.6 Å². The highest BCUT2D eigenvalue weighted by Crippen LogP contribution is 2.17. The van der Waals surface area contributed by atoms with Crippen LogP contribution < -0.4 is 11.3 Å². The van der Waals surface area contributed by atoms with Crippen LogP contribution in [0.2, 0.25) is 0 Å². The van der Waals surface area contributed by atoms with E-state index in [-0.39, 0.29) is 11.9 Å². The predicted octanol–water partition coefficient (Wildman–Crippen LogP) is 1.91. The van der Waals surface area contributed by atoms with E-state index in [1.165, 1.54) is 6.07 Å². The van der Waals surface area contributed by atoms with Gasteiger partial charge in [0.25, 0.3) is 0 Å². The zero-order valence-corrected chi connectivity index (χ0v) is 11.8. The second kappa shape index (κ2) is 7.06. The lowest BCUT2D eigenvalue weighted by molar-refractivity contribution is 0.356. The van der Waals surface area contributed by atoms with E-state index in [0.717, 1.165) is 17.4 Å². The van der Waals surface area contributed by atoms with Gasteiger partial charge in [0.05, 0.1) is 0 Å². The van der Waals surface area contributed by atoms with E-state index in [1.807, 2.05) is 14.1 Å². The number of hydrogen-bond acceptors (Lipinski definition) is 3. The molecule has 0 radical (unpaired) electrons. The van der Waals surface area contributed by atoms with Crippen molar-refractivity contribution in [3.63, 3.8) is 0 Å². The summed E-state index contributed by atoms with van der Waals surface area (Å²) in [6, 6.07) is 5.05. The van der Waals surface area contributed by atoms with E-state index in [1.54, 1.807) is 12.1 Å². The average molecular weight is 304 g/mol. The summed E-state index contributed by atoms with van der Waals surface area (Å²) < 4.78 is 14.5. The third-order valence-electron chi connectivity index (χ3n) is 2.63. The molecule has 0 aliphatic heterocycles. The molecular formula is C12H19BrFN3. The molecule has 0 saturated heterocycles. The van der Waals surface area contributed by atoms with Gasteiger partial charge in [-0.25, -0.2) is 4.39 Å². The van der Waals surface area contributed by atoms with E-state index < -0.39 is 0 Å². The van der Waals surface area contributed by atoms with E-state index in [0.29, 0.717) is 12.0 Å². The van der Waals surface area contributed by atoms with Crippen LogP contribution in [0.5, 0.6) is 0 Å². The minimum atomic E-state index is -0.182. The van der Waals surface area contributed by atoms with Gasteiger partial charge < -0.3 is 4.90 Å². The molecule has 0 saturated carbocycles. The Bertz CT molecular complexity index is 358. The number of nitrogens with two attached hydrogens (primary N) is 1. The van der Waals surface area contributed by atoms with Gasteiger partial charge >= 0.3 is 0 Å². The molecule has 1 aromatic rings. The summed E-state index contributed by atoms with van der Waals surface area (Å²) in [7, 11) is 4.01. The summed E-state index contributed by atoms with van der Waals surface area (Å²) in [6.07, 6.45) is 1.48. The van der Waals surface area contributed by atoms with Gasteiger partial charge in [-0.2, -0.15) is 0 Å². The van der Waals surface area contributed by atoms with Crippen LogP contribution in [0.4, 0.5) is 4.39 Å². The molecule has 0 aliphatic rings. The monoisotopic (exact) mass is 303 g/mol. The first-order valence-corrected chi connectivity index (χ1v) is 6.37. The van der Waals surface area contributed by atoms with Gasteiger partial charge in [0.15, 0.2) is 0 Å². The summed E-state index contributed by atoms with van der Waals surface area (Å²) >= 11 is 3.34. The fourth-order valence-electron chi connectivity index (χ4n) is 1.62. The zero-order valence-electron chi connectivity index (χ0n) is 10.2. The molecule has 0 bridgehead atoms. The van der Waals surface area contributed by atoms with E-state index in [9.17, 15) is 4.39 Å². The van der Waals surface area contributed by atoms with Crippen LogP contribution in [0.3, 0.4) is 0 Å². The van der Waals surface area contributed by atoms with E-state index in [4.69, 9.17) is 5.84 Å². The number of rotatable bonds is 6. The van der Waals surface area contributed by atoms with Crippen molar-refractivity contribution >= 4 is 15.9 Å². The summed E-state index contributed by atoms with van der Waals surface area (Å²) in [4.78, 5) is 2.08. The Morgan fingerprint density at radius 1 is 1.47 bits per heavy atom. The molecule has 0 aromatic heterocycles. The number of hydrogen-bond donors (Lipinski definition) is 2. The first kappa shape index (κ1) is 14.6. The molecule has 0 spiro atoms. The Labute approximate surface area is 110 Å². The molecule has 0 fully saturated rings. The lowest BCUT2D eigenvalue weighted by Gasteiger charge is -2.18. The van der Waals surface area contributed by atoms with Gasteiger partial charge in [-0.15, -0.1) is 0 Å². The molecule has 96 valence electrons. The number of halogens is 2. The van der Waals surface area contributed by atoms with Crippen molar-refractivity contribution in [3.8, 4) is 0 Å². The lowest BCUT2D eigenvalue weighted by Crippen LogP contribution is -2.39. The van der Waals surface area contributed by atoms with Crippen molar-refractivity contribution in [1.82, 2.24) is 10.3 Å². The Morgan fingerprint density at radius 3 is 2.76 bits per heavy atom. The first-order chi connectivity index (χ1) is 8.02. The van der Waals surface area contributed by atoms with Gasteiger partial charge in [-0.3, -0.25) is 11.3 Å².